The van der Waals surface area contributed by atoms with Gasteiger partial charge in [-0.15, -0.1) is 0 Å². The van der Waals surface area contributed by atoms with Crippen LogP contribution in [-0.2, 0) is 13.0 Å². The lowest BCUT2D eigenvalue weighted by atomic mass is 10.1. The van der Waals surface area contributed by atoms with Crippen LogP contribution in [0.5, 0.6) is 5.75 Å². The van der Waals surface area contributed by atoms with E-state index >= 15 is 0 Å². The summed E-state index contributed by atoms with van der Waals surface area (Å²) in [5.74, 6) is 0.987. The maximum Gasteiger partial charge on any atom is 0.124 e. The lowest BCUT2D eigenvalue weighted by Crippen LogP contribution is -2.28. The third-order valence-corrected chi connectivity index (χ3v) is 3.52. The van der Waals surface area contributed by atoms with Crippen LogP contribution in [0.4, 0.5) is 5.69 Å². The summed E-state index contributed by atoms with van der Waals surface area (Å²) in [7, 11) is 0. The zero-order chi connectivity index (χ0) is 13.1. The number of nitrogens with zero attached hydrogens (tertiary/aromatic N) is 2. The van der Waals surface area contributed by atoms with E-state index in [1.165, 1.54) is 23.4 Å². The molecule has 3 rings (SSSR count). The highest BCUT2D eigenvalue weighted by atomic mass is 16.5. The Bertz CT molecular complexity index is 550. The van der Waals surface area contributed by atoms with Crippen molar-refractivity contribution in [1.82, 2.24) is 10.2 Å². The molecule has 1 aromatic heterocycles. The quantitative estimate of drug-likeness (QED) is 0.915. The second-order valence-corrected chi connectivity index (χ2v) is 4.80. The van der Waals surface area contributed by atoms with Crippen molar-refractivity contribution in [2.75, 3.05) is 18.1 Å². The number of rotatable bonds is 4. The highest BCUT2D eigenvalue weighted by Gasteiger charge is 2.19. The van der Waals surface area contributed by atoms with Gasteiger partial charge in [-0.2, -0.15) is 5.10 Å². The van der Waals surface area contributed by atoms with Gasteiger partial charge in [-0.05, 0) is 25.8 Å². The molecule has 100 valence electrons. The van der Waals surface area contributed by atoms with E-state index in [0.717, 1.165) is 25.3 Å². The van der Waals surface area contributed by atoms with Gasteiger partial charge in [-0.3, -0.25) is 5.10 Å². The van der Waals surface area contributed by atoms with Gasteiger partial charge >= 0.3 is 0 Å². The number of H-pyrrole nitrogens is 1. The number of fused-ring (bicyclic) bond motifs is 1. The molecule has 4 nitrogen and oxygen atoms in total. The predicted molar refractivity (Wildman–Crippen MR) is 75.6 cm³/mol. The minimum atomic E-state index is 0.702. The minimum Gasteiger partial charge on any atom is -0.494 e. The molecule has 2 heterocycles. The Balaban J connectivity index is 1.83. The lowest BCUT2D eigenvalue weighted by molar-refractivity contribution is 0.336. The van der Waals surface area contributed by atoms with E-state index in [1.807, 2.05) is 25.3 Å². The standard InChI is InChI=1S/C15H19N3O/c1-2-19-15-8-4-3-6-12(15)11-18-9-5-7-13-14(18)10-16-17-13/h3-4,6,8,10H,2,5,7,9,11H2,1H3,(H,16,17). The molecule has 1 aromatic carbocycles. The van der Waals surface area contributed by atoms with Gasteiger partial charge in [0, 0.05) is 18.7 Å². The molecule has 0 saturated carbocycles. The van der Waals surface area contributed by atoms with Crippen molar-refractivity contribution in [3.05, 3.63) is 41.7 Å². The normalized spacial score (nSPS) is 14.3. The number of nitrogens with one attached hydrogen (secondary N) is 1. The molecule has 1 aliphatic rings. The molecule has 19 heavy (non-hydrogen) atoms. The van der Waals surface area contributed by atoms with E-state index in [0.29, 0.717) is 6.61 Å². The van der Waals surface area contributed by atoms with Crippen molar-refractivity contribution in [3.8, 4) is 5.75 Å². The van der Waals surface area contributed by atoms with Crippen LogP contribution in [0.2, 0.25) is 0 Å². The topological polar surface area (TPSA) is 41.1 Å². The van der Waals surface area contributed by atoms with Crippen molar-refractivity contribution in [2.45, 2.75) is 26.3 Å². The van der Waals surface area contributed by atoms with Crippen LogP contribution in [0.15, 0.2) is 30.5 Å². The van der Waals surface area contributed by atoms with Gasteiger partial charge < -0.3 is 9.64 Å². The highest BCUT2D eigenvalue weighted by Crippen LogP contribution is 2.28. The molecule has 0 atom stereocenters. The Morgan fingerprint density at radius 1 is 1.37 bits per heavy atom. The molecule has 1 N–H and O–H groups in total. The third kappa shape index (κ3) is 2.43. The second-order valence-electron chi connectivity index (χ2n) is 4.80. The van der Waals surface area contributed by atoms with Crippen LogP contribution in [0.1, 0.15) is 24.6 Å². The molecule has 2 aromatic rings. The maximum atomic E-state index is 5.70. The summed E-state index contributed by atoms with van der Waals surface area (Å²) in [6, 6.07) is 8.27. The van der Waals surface area contributed by atoms with E-state index in [2.05, 4.69) is 27.2 Å². The van der Waals surface area contributed by atoms with E-state index in [1.54, 1.807) is 0 Å². The van der Waals surface area contributed by atoms with Gasteiger partial charge in [0.25, 0.3) is 0 Å². The monoisotopic (exact) mass is 257 g/mol. The Morgan fingerprint density at radius 2 is 2.26 bits per heavy atom. The fourth-order valence-corrected chi connectivity index (χ4v) is 2.63. The number of ether oxygens (including phenoxy) is 1. The Hall–Kier alpha value is -1.97. The first-order valence-electron chi connectivity index (χ1n) is 6.86. The van der Waals surface area contributed by atoms with Gasteiger partial charge in [0.2, 0.25) is 0 Å². The fourth-order valence-electron chi connectivity index (χ4n) is 2.63. The van der Waals surface area contributed by atoms with Crippen LogP contribution >= 0.6 is 0 Å². The number of hydrogen-bond acceptors (Lipinski definition) is 3. The zero-order valence-corrected chi connectivity index (χ0v) is 11.2. The number of para-hydroxylation sites is 1. The van der Waals surface area contributed by atoms with Crippen molar-refractivity contribution in [2.24, 2.45) is 0 Å². The molecule has 4 heteroatoms. The third-order valence-electron chi connectivity index (χ3n) is 3.52. The number of aromatic amines is 1. The van der Waals surface area contributed by atoms with E-state index in [9.17, 15) is 0 Å². The fraction of sp³-hybridized carbons (Fsp3) is 0.400. The van der Waals surface area contributed by atoms with Crippen molar-refractivity contribution < 1.29 is 4.74 Å². The largest absolute Gasteiger partial charge is 0.494 e. The van der Waals surface area contributed by atoms with Crippen molar-refractivity contribution >= 4 is 5.69 Å². The molecule has 0 bridgehead atoms. The number of benzene rings is 1. The Morgan fingerprint density at radius 3 is 3.16 bits per heavy atom. The summed E-state index contributed by atoms with van der Waals surface area (Å²) in [6.45, 7) is 4.68. The van der Waals surface area contributed by atoms with Crippen LogP contribution in [0.25, 0.3) is 0 Å². The van der Waals surface area contributed by atoms with Gasteiger partial charge in [0.15, 0.2) is 0 Å². The molecule has 0 saturated heterocycles. The molecule has 0 amide bonds. The summed E-state index contributed by atoms with van der Waals surface area (Å²) in [5, 5.41) is 7.25. The highest BCUT2D eigenvalue weighted by molar-refractivity contribution is 5.52. The first-order chi connectivity index (χ1) is 9.38. The molecular weight excluding hydrogens is 238 g/mol. The first kappa shape index (κ1) is 12.1. The average molecular weight is 257 g/mol. The average Bonchev–Trinajstić information content (AvgIpc) is 2.91. The summed E-state index contributed by atoms with van der Waals surface area (Å²) in [5.41, 5.74) is 3.72. The molecule has 0 unspecified atom stereocenters. The molecular formula is C15H19N3O. The van der Waals surface area contributed by atoms with Crippen LogP contribution < -0.4 is 9.64 Å². The van der Waals surface area contributed by atoms with Gasteiger partial charge in [-0.25, -0.2) is 0 Å². The molecule has 0 radical (unpaired) electrons. The van der Waals surface area contributed by atoms with Crippen LogP contribution in [0.3, 0.4) is 0 Å². The Labute approximate surface area is 113 Å². The lowest BCUT2D eigenvalue weighted by Gasteiger charge is -2.28. The number of hydrogen-bond donors (Lipinski definition) is 1. The van der Waals surface area contributed by atoms with Gasteiger partial charge in [-0.1, -0.05) is 18.2 Å². The zero-order valence-electron chi connectivity index (χ0n) is 11.2. The maximum absolute atomic E-state index is 5.70. The van der Waals surface area contributed by atoms with E-state index in [-0.39, 0.29) is 0 Å². The van der Waals surface area contributed by atoms with E-state index in [4.69, 9.17) is 4.74 Å². The molecule has 1 aliphatic heterocycles. The van der Waals surface area contributed by atoms with Crippen LogP contribution in [-0.4, -0.2) is 23.3 Å². The van der Waals surface area contributed by atoms with Crippen LogP contribution in [0, 0.1) is 0 Å². The van der Waals surface area contributed by atoms with Crippen molar-refractivity contribution in [1.29, 1.82) is 0 Å². The summed E-state index contributed by atoms with van der Waals surface area (Å²) in [4.78, 5) is 2.38. The number of aryl methyl sites for hydroxylation is 1. The minimum absolute atomic E-state index is 0.702. The summed E-state index contributed by atoms with van der Waals surface area (Å²) >= 11 is 0. The van der Waals surface area contributed by atoms with Gasteiger partial charge in [0.1, 0.15) is 5.75 Å². The SMILES string of the molecule is CCOc1ccccc1CN1CCCc2[nH]ncc21. The number of anilines is 1. The molecule has 0 fully saturated rings. The first-order valence-corrected chi connectivity index (χ1v) is 6.86. The van der Waals surface area contributed by atoms with Gasteiger partial charge in [0.05, 0.1) is 24.2 Å². The second kappa shape index (κ2) is 5.34. The summed E-state index contributed by atoms with van der Waals surface area (Å²) < 4.78 is 5.70. The Kier molecular flexibility index (Phi) is 3.40. The predicted octanol–water partition coefficient (Wildman–Crippen LogP) is 2.76. The van der Waals surface area contributed by atoms with Crippen molar-refractivity contribution in [3.63, 3.8) is 0 Å². The molecule has 0 spiro atoms. The smallest absolute Gasteiger partial charge is 0.124 e. The molecule has 0 aliphatic carbocycles. The summed E-state index contributed by atoms with van der Waals surface area (Å²) in [6.07, 6.45) is 4.20. The number of aromatic nitrogens is 2. The van der Waals surface area contributed by atoms with E-state index < -0.39 is 0 Å².